The summed E-state index contributed by atoms with van der Waals surface area (Å²) in [5, 5.41) is 12.4. The second-order valence-corrected chi connectivity index (χ2v) is 12.4. The Morgan fingerprint density at radius 1 is 0.298 bits per heavy atom. The minimum atomic E-state index is 0.917. The molecule has 0 spiro atoms. The van der Waals surface area contributed by atoms with Gasteiger partial charge in [-0.25, -0.2) is 0 Å². The van der Waals surface area contributed by atoms with Gasteiger partial charge in [0.15, 0.2) is 0 Å². The normalized spacial score (nSPS) is 11.8. The van der Waals surface area contributed by atoms with Crippen molar-refractivity contribution in [2.24, 2.45) is 0 Å². The van der Waals surface area contributed by atoms with Gasteiger partial charge in [-0.1, -0.05) is 146 Å². The molecule has 0 N–H and O–H groups in total. The van der Waals surface area contributed by atoms with Gasteiger partial charge in [0.1, 0.15) is 11.2 Å². The van der Waals surface area contributed by atoms with Crippen LogP contribution in [0.5, 0.6) is 0 Å². The molecule has 0 amide bonds. The molecule has 47 heavy (non-hydrogen) atoms. The maximum Gasteiger partial charge on any atom is 0.135 e. The van der Waals surface area contributed by atoms with Crippen LogP contribution in [-0.2, 0) is 0 Å². The van der Waals surface area contributed by atoms with E-state index in [1.54, 1.807) is 0 Å². The number of fused-ring (bicyclic) bond motifs is 8. The van der Waals surface area contributed by atoms with Gasteiger partial charge in [0.05, 0.1) is 0 Å². The second-order valence-electron chi connectivity index (χ2n) is 12.4. The first-order valence-corrected chi connectivity index (χ1v) is 16.2. The molecular formula is C46H28O. The predicted molar refractivity (Wildman–Crippen MR) is 200 cm³/mol. The van der Waals surface area contributed by atoms with E-state index in [9.17, 15) is 0 Å². The highest BCUT2D eigenvalue weighted by Crippen LogP contribution is 2.46. The molecule has 9 aromatic carbocycles. The molecule has 0 aliphatic heterocycles. The highest BCUT2D eigenvalue weighted by Gasteiger charge is 2.19. The van der Waals surface area contributed by atoms with Gasteiger partial charge in [-0.2, -0.15) is 0 Å². The average molecular weight is 597 g/mol. The lowest BCUT2D eigenvalue weighted by Crippen LogP contribution is -1.92. The molecule has 1 aromatic heterocycles. The van der Waals surface area contributed by atoms with Crippen molar-refractivity contribution < 1.29 is 4.42 Å². The molecule has 0 atom stereocenters. The maximum atomic E-state index is 6.13. The minimum absolute atomic E-state index is 0.917. The fourth-order valence-corrected chi connectivity index (χ4v) is 7.76. The third-order valence-electron chi connectivity index (χ3n) is 9.83. The zero-order valence-corrected chi connectivity index (χ0v) is 25.6. The van der Waals surface area contributed by atoms with Crippen molar-refractivity contribution in [2.45, 2.75) is 0 Å². The lowest BCUT2D eigenvalue weighted by molar-refractivity contribution is 0.669. The molecular weight excluding hydrogens is 569 g/mol. The van der Waals surface area contributed by atoms with Crippen molar-refractivity contribution in [3.8, 4) is 33.4 Å². The van der Waals surface area contributed by atoms with Crippen LogP contribution in [0.4, 0.5) is 0 Å². The maximum absolute atomic E-state index is 6.13. The molecule has 0 aliphatic rings. The average Bonchev–Trinajstić information content (AvgIpc) is 3.51. The number of rotatable bonds is 3. The highest BCUT2D eigenvalue weighted by molar-refractivity contribution is 6.26. The van der Waals surface area contributed by atoms with E-state index in [-0.39, 0.29) is 0 Å². The van der Waals surface area contributed by atoms with Crippen LogP contribution < -0.4 is 0 Å². The molecule has 0 saturated carbocycles. The summed E-state index contributed by atoms with van der Waals surface area (Å²) < 4.78 is 6.13. The summed E-state index contributed by atoms with van der Waals surface area (Å²) in [5.41, 5.74) is 9.24. The van der Waals surface area contributed by atoms with E-state index in [2.05, 4.69) is 158 Å². The van der Waals surface area contributed by atoms with E-state index in [0.717, 1.165) is 21.9 Å². The van der Waals surface area contributed by atoms with E-state index in [1.165, 1.54) is 76.5 Å². The topological polar surface area (TPSA) is 13.1 Å². The Bertz CT molecular complexity index is 2800. The Balaban J connectivity index is 1.25. The summed E-state index contributed by atoms with van der Waals surface area (Å²) >= 11 is 0. The SMILES string of the molecule is c1cc(-c2ccc3oc4ccccc4c3c2)cc(-c2c3ccccc3c(-c3cccc4ccc5ccccc5c34)c3ccccc23)c1. The van der Waals surface area contributed by atoms with Crippen LogP contribution in [0.15, 0.2) is 174 Å². The summed E-state index contributed by atoms with van der Waals surface area (Å²) in [5.74, 6) is 0. The molecule has 1 heterocycles. The Kier molecular flexibility index (Phi) is 5.64. The molecule has 10 rings (SSSR count). The zero-order valence-electron chi connectivity index (χ0n) is 25.6. The largest absolute Gasteiger partial charge is 0.456 e. The van der Waals surface area contributed by atoms with Gasteiger partial charge in [0.2, 0.25) is 0 Å². The number of benzene rings is 9. The Morgan fingerprint density at radius 2 is 0.851 bits per heavy atom. The van der Waals surface area contributed by atoms with E-state index >= 15 is 0 Å². The second kappa shape index (κ2) is 10.2. The third-order valence-corrected chi connectivity index (χ3v) is 9.83. The van der Waals surface area contributed by atoms with Gasteiger partial charge in [-0.05, 0) is 101 Å². The first kappa shape index (κ1) is 26.1. The van der Waals surface area contributed by atoms with E-state index in [0.29, 0.717) is 0 Å². The van der Waals surface area contributed by atoms with Gasteiger partial charge < -0.3 is 4.42 Å². The van der Waals surface area contributed by atoms with Gasteiger partial charge >= 0.3 is 0 Å². The summed E-state index contributed by atoms with van der Waals surface area (Å²) in [4.78, 5) is 0. The smallest absolute Gasteiger partial charge is 0.135 e. The van der Waals surface area contributed by atoms with Crippen molar-refractivity contribution in [2.75, 3.05) is 0 Å². The Labute approximate surface area is 271 Å². The Hall–Kier alpha value is -6.18. The fourth-order valence-electron chi connectivity index (χ4n) is 7.76. The fraction of sp³-hybridized carbons (Fsp3) is 0. The number of hydrogen-bond acceptors (Lipinski definition) is 1. The van der Waals surface area contributed by atoms with Gasteiger partial charge in [-0.15, -0.1) is 0 Å². The van der Waals surface area contributed by atoms with Gasteiger partial charge in [-0.3, -0.25) is 0 Å². The monoisotopic (exact) mass is 596 g/mol. The standard InChI is InChI=1S/C46H28O/c1-2-15-34-29(11-1)23-24-30-12-10-21-40(44(30)34)46-38-19-5-3-17-36(38)45(37-18-4-6-20-39(37)46)33-14-9-13-31(27-33)32-25-26-43-41(28-32)35-16-7-8-22-42(35)47-43/h1-28H. The van der Waals surface area contributed by atoms with E-state index in [1.807, 2.05) is 12.1 Å². The molecule has 0 aliphatic carbocycles. The molecule has 0 saturated heterocycles. The zero-order chi connectivity index (χ0) is 30.9. The predicted octanol–water partition coefficient (Wildman–Crippen LogP) is 13.2. The van der Waals surface area contributed by atoms with Crippen LogP contribution in [-0.4, -0.2) is 0 Å². The molecule has 1 nitrogen and oxygen atoms in total. The molecule has 0 bridgehead atoms. The van der Waals surface area contributed by atoms with E-state index in [4.69, 9.17) is 4.42 Å². The minimum Gasteiger partial charge on any atom is -0.456 e. The molecule has 10 aromatic rings. The van der Waals surface area contributed by atoms with Crippen molar-refractivity contribution in [1.29, 1.82) is 0 Å². The lowest BCUT2D eigenvalue weighted by Gasteiger charge is -2.19. The van der Waals surface area contributed by atoms with Crippen molar-refractivity contribution in [3.05, 3.63) is 170 Å². The molecule has 218 valence electrons. The third kappa shape index (κ3) is 3.97. The van der Waals surface area contributed by atoms with Gasteiger partial charge in [0.25, 0.3) is 0 Å². The number of para-hydroxylation sites is 1. The number of furan rings is 1. The van der Waals surface area contributed by atoms with Crippen LogP contribution in [0.25, 0.3) is 98.4 Å². The lowest BCUT2D eigenvalue weighted by atomic mass is 9.83. The Morgan fingerprint density at radius 3 is 1.64 bits per heavy atom. The molecule has 0 unspecified atom stereocenters. The summed E-state index contributed by atoms with van der Waals surface area (Å²) in [6.45, 7) is 0. The first-order chi connectivity index (χ1) is 23.3. The summed E-state index contributed by atoms with van der Waals surface area (Å²) in [6.07, 6.45) is 0. The summed E-state index contributed by atoms with van der Waals surface area (Å²) in [7, 11) is 0. The van der Waals surface area contributed by atoms with Crippen molar-refractivity contribution in [1.82, 2.24) is 0 Å². The van der Waals surface area contributed by atoms with Crippen molar-refractivity contribution in [3.63, 3.8) is 0 Å². The van der Waals surface area contributed by atoms with E-state index < -0.39 is 0 Å². The molecule has 0 radical (unpaired) electrons. The summed E-state index contributed by atoms with van der Waals surface area (Å²) in [6, 6.07) is 61.7. The van der Waals surface area contributed by atoms with Crippen LogP contribution in [0.3, 0.4) is 0 Å². The van der Waals surface area contributed by atoms with Crippen LogP contribution in [0.2, 0.25) is 0 Å². The molecule has 1 heteroatoms. The van der Waals surface area contributed by atoms with Crippen molar-refractivity contribution >= 4 is 65.0 Å². The molecule has 0 fully saturated rings. The van der Waals surface area contributed by atoms with Crippen LogP contribution >= 0.6 is 0 Å². The van der Waals surface area contributed by atoms with Gasteiger partial charge in [0, 0.05) is 10.8 Å². The first-order valence-electron chi connectivity index (χ1n) is 16.2. The van der Waals surface area contributed by atoms with Crippen LogP contribution in [0, 0.1) is 0 Å². The highest BCUT2D eigenvalue weighted by atomic mass is 16.3. The number of hydrogen-bond donors (Lipinski definition) is 0. The quantitative estimate of drug-likeness (QED) is 0.146. The van der Waals surface area contributed by atoms with Crippen LogP contribution in [0.1, 0.15) is 0 Å².